The minimum Gasteiger partial charge on any atom is -0.497 e. The second kappa shape index (κ2) is 9.05. The summed E-state index contributed by atoms with van der Waals surface area (Å²) in [4.78, 5) is 42.6. The van der Waals surface area contributed by atoms with Crippen molar-refractivity contribution in [2.45, 2.75) is 38.1 Å². The highest BCUT2D eigenvalue weighted by Gasteiger charge is 2.30. The molecule has 2 aromatic rings. The third kappa shape index (κ3) is 4.27. The summed E-state index contributed by atoms with van der Waals surface area (Å²) < 4.78 is 7.17. The molecule has 0 unspecified atom stereocenters. The van der Waals surface area contributed by atoms with E-state index in [9.17, 15) is 14.4 Å². The van der Waals surface area contributed by atoms with Crippen LogP contribution < -0.4 is 16.0 Å². The van der Waals surface area contributed by atoms with Gasteiger partial charge in [0, 0.05) is 39.3 Å². The topological polar surface area (TPSA) is 89.7 Å². The molecule has 0 spiro atoms. The summed E-state index contributed by atoms with van der Waals surface area (Å²) in [5, 5.41) is 4.17. The fourth-order valence-electron chi connectivity index (χ4n) is 4.49. The first-order valence-corrected chi connectivity index (χ1v) is 10.9. The number of hydrogen-bond donors (Lipinski definition) is 0. The Bertz CT molecular complexity index is 1050. The number of carbonyl (C=O) groups is 1. The van der Waals surface area contributed by atoms with Crippen molar-refractivity contribution in [2.24, 2.45) is 7.05 Å². The van der Waals surface area contributed by atoms with Gasteiger partial charge in [-0.3, -0.25) is 19.1 Å². The van der Waals surface area contributed by atoms with Crippen LogP contribution in [0.2, 0.25) is 0 Å². The van der Waals surface area contributed by atoms with Crippen LogP contribution >= 0.6 is 0 Å². The third-order valence-electron chi connectivity index (χ3n) is 6.39. The average Bonchev–Trinajstić information content (AvgIpc) is 2.83. The Morgan fingerprint density at radius 3 is 2.26 bits per heavy atom. The maximum absolute atomic E-state index is 13.1. The van der Waals surface area contributed by atoms with Crippen LogP contribution in [0.5, 0.6) is 5.75 Å². The zero-order valence-electron chi connectivity index (χ0n) is 18.1. The van der Waals surface area contributed by atoms with E-state index in [4.69, 9.17) is 4.74 Å². The van der Waals surface area contributed by atoms with Crippen molar-refractivity contribution in [1.82, 2.24) is 24.1 Å². The SMILES string of the molecule is COc1ccc(-n2nc(C(=O)N3CCN(C4CCCCC4)CC3)c(=O)n(C)c2=O)cc1. The van der Waals surface area contributed by atoms with Crippen LogP contribution in [-0.4, -0.2) is 69.4 Å². The fraction of sp³-hybridized carbons (Fsp3) is 0.545. The zero-order valence-corrected chi connectivity index (χ0v) is 18.1. The van der Waals surface area contributed by atoms with Crippen LogP contribution in [0.25, 0.3) is 5.69 Å². The molecule has 9 heteroatoms. The van der Waals surface area contributed by atoms with E-state index >= 15 is 0 Å². The van der Waals surface area contributed by atoms with Crippen molar-refractivity contribution in [3.8, 4) is 11.4 Å². The molecule has 0 N–H and O–H groups in total. The quantitative estimate of drug-likeness (QED) is 0.724. The number of hydrogen-bond acceptors (Lipinski definition) is 6. The van der Waals surface area contributed by atoms with Crippen LogP contribution in [0.1, 0.15) is 42.6 Å². The highest BCUT2D eigenvalue weighted by atomic mass is 16.5. The molecule has 2 heterocycles. The summed E-state index contributed by atoms with van der Waals surface area (Å²) in [6.45, 7) is 2.72. The Balaban J connectivity index is 1.56. The maximum Gasteiger partial charge on any atom is 0.351 e. The van der Waals surface area contributed by atoms with Crippen LogP contribution in [-0.2, 0) is 7.05 Å². The molecule has 166 valence electrons. The third-order valence-corrected chi connectivity index (χ3v) is 6.39. The molecule has 2 aliphatic rings. The summed E-state index contributed by atoms with van der Waals surface area (Å²) in [6.07, 6.45) is 6.31. The number of amides is 1. The molecule has 9 nitrogen and oxygen atoms in total. The van der Waals surface area contributed by atoms with Gasteiger partial charge in [0.25, 0.3) is 11.5 Å². The van der Waals surface area contributed by atoms with Crippen molar-refractivity contribution in [2.75, 3.05) is 33.3 Å². The van der Waals surface area contributed by atoms with Gasteiger partial charge in [-0.2, -0.15) is 9.78 Å². The Labute approximate surface area is 180 Å². The molecule has 1 aromatic carbocycles. The van der Waals surface area contributed by atoms with E-state index in [0.29, 0.717) is 30.6 Å². The van der Waals surface area contributed by atoms with Gasteiger partial charge in [0.2, 0.25) is 5.69 Å². The van der Waals surface area contributed by atoms with E-state index in [1.165, 1.54) is 39.2 Å². The van der Waals surface area contributed by atoms with E-state index in [0.717, 1.165) is 22.3 Å². The molecule has 1 saturated carbocycles. The number of rotatable bonds is 4. The monoisotopic (exact) mass is 427 g/mol. The first kappa shape index (κ1) is 21.3. The molecular weight excluding hydrogens is 398 g/mol. The lowest BCUT2D eigenvalue weighted by Gasteiger charge is -2.40. The summed E-state index contributed by atoms with van der Waals surface area (Å²) in [7, 11) is 2.92. The van der Waals surface area contributed by atoms with Crippen LogP contribution in [0.3, 0.4) is 0 Å². The largest absolute Gasteiger partial charge is 0.497 e. The van der Waals surface area contributed by atoms with Gasteiger partial charge < -0.3 is 9.64 Å². The van der Waals surface area contributed by atoms with Gasteiger partial charge in [0.15, 0.2) is 0 Å². The van der Waals surface area contributed by atoms with Gasteiger partial charge >= 0.3 is 5.69 Å². The highest BCUT2D eigenvalue weighted by Crippen LogP contribution is 2.23. The number of aromatic nitrogens is 3. The lowest BCUT2D eigenvalue weighted by atomic mass is 9.94. The second-order valence-corrected chi connectivity index (χ2v) is 8.23. The molecule has 0 radical (unpaired) electrons. The first-order chi connectivity index (χ1) is 15.0. The Hall–Kier alpha value is -2.94. The lowest BCUT2D eigenvalue weighted by molar-refractivity contribution is 0.0514. The number of ether oxygens (including phenoxy) is 1. The number of carbonyl (C=O) groups excluding carboxylic acids is 1. The van der Waals surface area contributed by atoms with Crippen molar-refractivity contribution in [3.63, 3.8) is 0 Å². The van der Waals surface area contributed by atoms with Gasteiger partial charge in [0.1, 0.15) is 5.75 Å². The van der Waals surface area contributed by atoms with E-state index < -0.39 is 17.2 Å². The Kier molecular flexibility index (Phi) is 6.22. The molecule has 0 bridgehead atoms. The van der Waals surface area contributed by atoms with E-state index in [-0.39, 0.29) is 5.69 Å². The van der Waals surface area contributed by atoms with Crippen LogP contribution in [0.15, 0.2) is 33.9 Å². The number of benzene rings is 1. The van der Waals surface area contributed by atoms with Crippen molar-refractivity contribution in [3.05, 3.63) is 50.8 Å². The Morgan fingerprint density at radius 1 is 1.00 bits per heavy atom. The predicted molar refractivity (Wildman–Crippen MR) is 116 cm³/mol. The van der Waals surface area contributed by atoms with Gasteiger partial charge in [-0.25, -0.2) is 4.79 Å². The van der Waals surface area contributed by atoms with Crippen LogP contribution in [0.4, 0.5) is 0 Å². The van der Waals surface area contributed by atoms with E-state index in [1.807, 2.05) is 0 Å². The molecule has 0 atom stereocenters. The van der Waals surface area contributed by atoms with Crippen molar-refractivity contribution >= 4 is 5.91 Å². The molecule has 1 saturated heterocycles. The maximum atomic E-state index is 13.1. The van der Waals surface area contributed by atoms with Gasteiger partial charge in [-0.05, 0) is 37.1 Å². The standard InChI is InChI=1S/C22H29N5O4/c1-24-20(28)19(23-27(22(24)30)17-8-10-18(31-2)11-9-17)21(29)26-14-12-25(13-15-26)16-6-4-3-5-7-16/h8-11,16H,3-7,12-15H2,1-2H3. The summed E-state index contributed by atoms with van der Waals surface area (Å²) >= 11 is 0. The molecule has 31 heavy (non-hydrogen) atoms. The molecule has 1 aromatic heterocycles. The summed E-state index contributed by atoms with van der Waals surface area (Å²) in [6, 6.07) is 7.32. The fourth-order valence-corrected chi connectivity index (χ4v) is 4.49. The van der Waals surface area contributed by atoms with Gasteiger partial charge in [-0.15, -0.1) is 0 Å². The normalized spacial score (nSPS) is 18.2. The van der Waals surface area contributed by atoms with Gasteiger partial charge in [-0.1, -0.05) is 19.3 Å². The van der Waals surface area contributed by atoms with Crippen LogP contribution in [0, 0.1) is 0 Å². The molecule has 1 amide bonds. The minimum absolute atomic E-state index is 0.232. The smallest absolute Gasteiger partial charge is 0.351 e. The Morgan fingerprint density at radius 2 is 1.65 bits per heavy atom. The zero-order chi connectivity index (χ0) is 22.0. The molecular formula is C22H29N5O4. The molecule has 1 aliphatic heterocycles. The average molecular weight is 428 g/mol. The van der Waals surface area contributed by atoms with Gasteiger partial charge in [0.05, 0.1) is 12.8 Å². The number of nitrogens with zero attached hydrogens (tertiary/aromatic N) is 5. The van der Waals surface area contributed by atoms with Crippen molar-refractivity contribution < 1.29 is 9.53 Å². The predicted octanol–water partition coefficient (Wildman–Crippen LogP) is 1.03. The molecule has 4 rings (SSSR count). The van der Waals surface area contributed by atoms with E-state index in [2.05, 4.69) is 10.00 Å². The van der Waals surface area contributed by atoms with Crippen molar-refractivity contribution in [1.29, 1.82) is 0 Å². The highest BCUT2D eigenvalue weighted by molar-refractivity contribution is 5.91. The molecule has 2 fully saturated rings. The summed E-state index contributed by atoms with van der Waals surface area (Å²) in [5.74, 6) is 0.208. The summed E-state index contributed by atoms with van der Waals surface area (Å²) in [5.41, 5.74) is -1.05. The molecule has 1 aliphatic carbocycles. The second-order valence-electron chi connectivity index (χ2n) is 8.23. The number of piperazine rings is 1. The number of methoxy groups -OCH3 is 1. The lowest BCUT2D eigenvalue weighted by Crippen LogP contribution is -2.54. The first-order valence-electron chi connectivity index (χ1n) is 10.9. The van der Waals surface area contributed by atoms with E-state index in [1.54, 1.807) is 36.3 Å². The minimum atomic E-state index is -0.672.